The molecule has 1 aliphatic carbocycles. The monoisotopic (exact) mass is 331 g/mol. The molecule has 1 amide bonds. The molecule has 1 heterocycles. The Bertz CT molecular complexity index is 679. The van der Waals surface area contributed by atoms with Crippen LogP contribution in [0.25, 0.3) is 0 Å². The van der Waals surface area contributed by atoms with E-state index in [1.54, 1.807) is 4.90 Å². The van der Waals surface area contributed by atoms with Crippen LogP contribution in [0.3, 0.4) is 0 Å². The Balaban J connectivity index is 1.93. The summed E-state index contributed by atoms with van der Waals surface area (Å²) in [6.07, 6.45) is 3.37. The minimum Gasteiger partial charge on any atom is -0.338 e. The molecule has 0 aromatic heterocycles. The number of rotatable bonds is 2. The Morgan fingerprint density at radius 1 is 1.24 bits per heavy atom. The number of hydrogen-bond donors (Lipinski definition) is 0. The number of hydrogen-bond acceptors (Lipinski definition) is 3. The largest absolute Gasteiger partial charge is 0.338 e. The average molecular weight is 332 g/mol. The molecule has 0 N–H and O–H groups in total. The zero-order valence-electron chi connectivity index (χ0n) is 11.3. The van der Waals surface area contributed by atoms with Gasteiger partial charge >= 0.3 is 0 Å². The van der Waals surface area contributed by atoms with Crippen LogP contribution >= 0.6 is 10.7 Å². The Morgan fingerprint density at radius 2 is 1.86 bits per heavy atom. The molecule has 1 saturated carbocycles. The van der Waals surface area contributed by atoms with Gasteiger partial charge in [-0.05, 0) is 42.9 Å². The van der Waals surface area contributed by atoms with Crippen LogP contribution in [0.5, 0.6) is 0 Å². The molecule has 21 heavy (non-hydrogen) atoms. The molecule has 7 heteroatoms. The predicted octanol–water partition coefficient (Wildman–Crippen LogP) is 2.63. The molecule has 0 radical (unpaired) electrons. The van der Waals surface area contributed by atoms with Crippen molar-refractivity contribution in [3.8, 4) is 0 Å². The molecular formula is C14H15ClFNO3S. The highest BCUT2D eigenvalue weighted by molar-refractivity contribution is 8.13. The van der Waals surface area contributed by atoms with Crippen molar-refractivity contribution in [1.29, 1.82) is 0 Å². The van der Waals surface area contributed by atoms with E-state index >= 15 is 0 Å². The van der Waals surface area contributed by atoms with Gasteiger partial charge in [-0.25, -0.2) is 12.8 Å². The number of likely N-dealkylation sites (tertiary alicyclic amines) is 1. The Labute approximate surface area is 127 Å². The zero-order valence-corrected chi connectivity index (χ0v) is 12.8. The minimum absolute atomic E-state index is 0.176. The lowest BCUT2D eigenvalue weighted by molar-refractivity contribution is 0.0776. The van der Waals surface area contributed by atoms with E-state index in [1.807, 2.05) is 0 Å². The van der Waals surface area contributed by atoms with Crippen molar-refractivity contribution in [2.45, 2.75) is 24.2 Å². The molecule has 4 nitrogen and oxygen atoms in total. The molecule has 0 spiro atoms. The first kappa shape index (κ1) is 14.8. The third-order valence-electron chi connectivity index (χ3n) is 4.45. The van der Waals surface area contributed by atoms with Crippen molar-refractivity contribution < 1.29 is 17.6 Å². The van der Waals surface area contributed by atoms with E-state index in [0.717, 1.165) is 31.0 Å². The Kier molecular flexibility index (Phi) is 3.69. The van der Waals surface area contributed by atoms with Crippen molar-refractivity contribution in [2.24, 2.45) is 11.8 Å². The molecule has 1 aliphatic heterocycles. The van der Waals surface area contributed by atoms with Crippen molar-refractivity contribution in [3.63, 3.8) is 0 Å². The fourth-order valence-electron chi connectivity index (χ4n) is 3.45. The second kappa shape index (κ2) is 5.25. The molecule has 1 aromatic carbocycles. The van der Waals surface area contributed by atoms with E-state index in [2.05, 4.69) is 0 Å². The number of nitrogens with zero attached hydrogens (tertiary/aromatic N) is 1. The highest BCUT2D eigenvalue weighted by Gasteiger charge is 2.39. The highest BCUT2D eigenvalue weighted by atomic mass is 35.7. The molecular weight excluding hydrogens is 317 g/mol. The zero-order chi connectivity index (χ0) is 15.2. The summed E-state index contributed by atoms with van der Waals surface area (Å²) in [4.78, 5) is 13.8. The molecule has 1 saturated heterocycles. The summed E-state index contributed by atoms with van der Waals surface area (Å²) in [7, 11) is 1.26. The second-order valence-electron chi connectivity index (χ2n) is 5.74. The maximum Gasteiger partial charge on any atom is 0.262 e. The van der Waals surface area contributed by atoms with Gasteiger partial charge in [0.15, 0.2) is 0 Å². The van der Waals surface area contributed by atoms with Gasteiger partial charge < -0.3 is 4.90 Å². The Hall–Kier alpha value is -1.14. The smallest absolute Gasteiger partial charge is 0.262 e. The fraction of sp³-hybridized carbons (Fsp3) is 0.500. The first-order chi connectivity index (χ1) is 9.86. The fourth-order valence-corrected chi connectivity index (χ4v) is 4.50. The average Bonchev–Trinajstić information content (AvgIpc) is 2.96. The summed E-state index contributed by atoms with van der Waals surface area (Å²) in [5.74, 6) is -0.137. The summed E-state index contributed by atoms with van der Waals surface area (Å²) >= 11 is 0. The maximum absolute atomic E-state index is 13.4. The van der Waals surface area contributed by atoms with Gasteiger partial charge in [0.05, 0.1) is 10.5 Å². The predicted molar refractivity (Wildman–Crippen MR) is 76.2 cm³/mol. The molecule has 114 valence electrons. The molecule has 2 unspecified atom stereocenters. The highest BCUT2D eigenvalue weighted by Crippen LogP contribution is 2.38. The van der Waals surface area contributed by atoms with E-state index in [1.165, 1.54) is 6.42 Å². The quantitative estimate of drug-likeness (QED) is 0.783. The van der Waals surface area contributed by atoms with E-state index in [-0.39, 0.29) is 10.5 Å². The van der Waals surface area contributed by atoms with Gasteiger partial charge in [-0.15, -0.1) is 0 Å². The van der Waals surface area contributed by atoms with Crippen LogP contribution < -0.4 is 0 Å². The van der Waals surface area contributed by atoms with Crippen LogP contribution in [0, 0.1) is 17.7 Å². The lowest BCUT2D eigenvalue weighted by Gasteiger charge is -2.18. The number of carbonyl (C=O) groups excluding carboxylic acids is 1. The summed E-state index contributed by atoms with van der Waals surface area (Å²) in [5.41, 5.74) is -0.176. The van der Waals surface area contributed by atoms with Gasteiger partial charge in [0.1, 0.15) is 5.82 Å². The van der Waals surface area contributed by atoms with Crippen LogP contribution in [0.4, 0.5) is 4.39 Å². The van der Waals surface area contributed by atoms with Crippen molar-refractivity contribution >= 4 is 25.6 Å². The van der Waals surface area contributed by atoms with Crippen molar-refractivity contribution in [3.05, 3.63) is 29.6 Å². The third kappa shape index (κ3) is 2.79. The SMILES string of the molecule is O=C(c1cc(F)ccc1S(=O)(=O)Cl)N1CC2CCCC2C1. The van der Waals surface area contributed by atoms with Crippen molar-refractivity contribution in [2.75, 3.05) is 13.1 Å². The Morgan fingerprint density at radius 3 is 2.43 bits per heavy atom. The van der Waals surface area contributed by atoms with Gasteiger partial charge in [0, 0.05) is 23.8 Å². The van der Waals surface area contributed by atoms with Crippen LogP contribution in [0.2, 0.25) is 0 Å². The number of fused-ring (bicyclic) bond motifs is 1. The summed E-state index contributed by atoms with van der Waals surface area (Å²) in [5, 5.41) is 0. The molecule has 2 fully saturated rings. The first-order valence-corrected chi connectivity index (χ1v) is 9.20. The first-order valence-electron chi connectivity index (χ1n) is 6.90. The van der Waals surface area contributed by atoms with E-state index in [9.17, 15) is 17.6 Å². The standard InChI is InChI=1S/C14H15ClFNO3S/c15-21(19,20)13-5-4-11(16)6-12(13)14(18)17-7-9-2-1-3-10(9)8-17/h4-6,9-10H,1-3,7-8H2. The lowest BCUT2D eigenvalue weighted by atomic mass is 10.0. The number of amides is 1. The summed E-state index contributed by atoms with van der Waals surface area (Å²) in [6, 6.07) is 2.98. The van der Waals surface area contributed by atoms with Gasteiger partial charge in [-0.3, -0.25) is 4.79 Å². The molecule has 1 aromatic rings. The molecule has 0 bridgehead atoms. The van der Waals surface area contributed by atoms with Crippen LogP contribution in [-0.4, -0.2) is 32.3 Å². The summed E-state index contributed by atoms with van der Waals surface area (Å²) < 4.78 is 36.5. The van der Waals surface area contributed by atoms with Gasteiger partial charge in [-0.2, -0.15) is 0 Å². The maximum atomic E-state index is 13.4. The number of carbonyl (C=O) groups is 1. The molecule has 3 rings (SSSR count). The molecule has 2 atom stereocenters. The number of halogens is 2. The summed E-state index contributed by atoms with van der Waals surface area (Å²) in [6.45, 7) is 1.23. The lowest BCUT2D eigenvalue weighted by Crippen LogP contribution is -2.30. The normalized spacial score (nSPS) is 25.1. The van der Waals surface area contributed by atoms with Gasteiger partial charge in [-0.1, -0.05) is 6.42 Å². The van der Waals surface area contributed by atoms with Crippen molar-refractivity contribution in [1.82, 2.24) is 4.90 Å². The molecule has 2 aliphatic rings. The van der Waals surface area contributed by atoms with E-state index < -0.39 is 20.8 Å². The topological polar surface area (TPSA) is 54.5 Å². The third-order valence-corrected chi connectivity index (χ3v) is 5.83. The van der Waals surface area contributed by atoms with Crippen LogP contribution in [0.1, 0.15) is 29.6 Å². The van der Waals surface area contributed by atoms with Crippen LogP contribution in [0.15, 0.2) is 23.1 Å². The van der Waals surface area contributed by atoms with E-state index in [0.29, 0.717) is 24.9 Å². The minimum atomic E-state index is -4.09. The van der Waals surface area contributed by atoms with Gasteiger partial charge in [0.2, 0.25) is 0 Å². The number of benzene rings is 1. The van der Waals surface area contributed by atoms with E-state index in [4.69, 9.17) is 10.7 Å². The second-order valence-corrected chi connectivity index (χ2v) is 8.27. The van der Waals surface area contributed by atoms with Crippen LogP contribution in [-0.2, 0) is 9.05 Å². The van der Waals surface area contributed by atoms with Gasteiger partial charge in [0.25, 0.3) is 15.0 Å².